The smallest absolute Gasteiger partial charge is 0.416 e. The third-order valence-corrected chi connectivity index (χ3v) is 3.63. The van der Waals surface area contributed by atoms with Gasteiger partial charge in [-0.1, -0.05) is 33.6 Å². The van der Waals surface area contributed by atoms with Crippen molar-refractivity contribution in [2.75, 3.05) is 0 Å². The Labute approximate surface area is 148 Å². The van der Waals surface area contributed by atoms with Crippen LogP contribution in [0.4, 0.5) is 13.2 Å². The van der Waals surface area contributed by atoms with Crippen molar-refractivity contribution in [1.82, 2.24) is 5.43 Å². The number of nitrogens with zero attached hydrogens (tertiary/aromatic N) is 1. The molecule has 0 radical (unpaired) electrons. The lowest BCUT2D eigenvalue weighted by Crippen LogP contribution is -2.18. The van der Waals surface area contributed by atoms with Crippen molar-refractivity contribution in [3.8, 4) is 5.75 Å². The Morgan fingerprint density at radius 2 is 2.00 bits per heavy atom. The third kappa shape index (κ3) is 4.48. The number of rotatable bonds is 3. The average Bonchev–Trinajstić information content (AvgIpc) is 2.51. The zero-order chi connectivity index (χ0) is 17.9. The van der Waals surface area contributed by atoms with Crippen molar-refractivity contribution >= 4 is 39.7 Å². The van der Waals surface area contributed by atoms with Gasteiger partial charge in [-0.3, -0.25) is 4.79 Å². The Balaban J connectivity index is 2.14. The average molecular weight is 422 g/mol. The summed E-state index contributed by atoms with van der Waals surface area (Å²) in [5.41, 5.74) is 1.18. The number of phenolic OH excluding ortho intramolecular Hbond substituents is 1. The summed E-state index contributed by atoms with van der Waals surface area (Å²) < 4.78 is 38.4. The van der Waals surface area contributed by atoms with E-state index in [1.807, 2.05) is 0 Å². The number of amides is 1. The number of carbonyl (C=O) groups excluding carboxylic acids is 1. The van der Waals surface area contributed by atoms with Crippen LogP contribution in [0.3, 0.4) is 0 Å². The second kappa shape index (κ2) is 7.23. The Kier molecular flexibility index (Phi) is 5.51. The topological polar surface area (TPSA) is 61.7 Å². The molecule has 0 aliphatic carbocycles. The van der Waals surface area contributed by atoms with E-state index in [2.05, 4.69) is 26.5 Å². The highest BCUT2D eigenvalue weighted by Crippen LogP contribution is 2.30. The van der Waals surface area contributed by atoms with Gasteiger partial charge in [0.2, 0.25) is 0 Å². The van der Waals surface area contributed by atoms with E-state index in [9.17, 15) is 23.1 Å². The van der Waals surface area contributed by atoms with E-state index in [4.69, 9.17) is 11.6 Å². The quantitative estimate of drug-likeness (QED) is 0.562. The third-order valence-electron chi connectivity index (χ3n) is 2.88. The van der Waals surface area contributed by atoms with Crippen molar-refractivity contribution in [3.63, 3.8) is 0 Å². The fraction of sp³-hybridized carbons (Fsp3) is 0.0667. The Hall–Kier alpha value is -2.06. The minimum Gasteiger partial charge on any atom is -0.506 e. The zero-order valence-electron chi connectivity index (χ0n) is 11.7. The number of hydrogen-bond donors (Lipinski definition) is 2. The van der Waals surface area contributed by atoms with Gasteiger partial charge in [-0.15, -0.1) is 0 Å². The van der Waals surface area contributed by atoms with Crippen molar-refractivity contribution < 1.29 is 23.1 Å². The molecule has 0 spiro atoms. The highest BCUT2D eigenvalue weighted by molar-refractivity contribution is 9.10. The Morgan fingerprint density at radius 3 is 2.67 bits per heavy atom. The summed E-state index contributed by atoms with van der Waals surface area (Å²) in [6.07, 6.45) is -3.42. The molecule has 0 unspecified atom stereocenters. The van der Waals surface area contributed by atoms with Gasteiger partial charge in [-0.2, -0.15) is 18.3 Å². The highest BCUT2D eigenvalue weighted by Gasteiger charge is 2.30. The summed E-state index contributed by atoms with van der Waals surface area (Å²) in [7, 11) is 0. The van der Waals surface area contributed by atoms with Gasteiger partial charge in [0.15, 0.2) is 0 Å². The predicted molar refractivity (Wildman–Crippen MR) is 87.3 cm³/mol. The molecule has 126 valence electrons. The lowest BCUT2D eigenvalue weighted by molar-refractivity contribution is -0.137. The summed E-state index contributed by atoms with van der Waals surface area (Å²) in [6, 6.07) is 6.91. The van der Waals surface area contributed by atoms with Crippen LogP contribution in [0.1, 0.15) is 21.5 Å². The van der Waals surface area contributed by atoms with Gasteiger partial charge in [-0.25, -0.2) is 5.43 Å². The van der Waals surface area contributed by atoms with Crippen molar-refractivity contribution in [2.45, 2.75) is 6.18 Å². The van der Waals surface area contributed by atoms with Gasteiger partial charge in [0.1, 0.15) is 5.75 Å². The lowest BCUT2D eigenvalue weighted by Gasteiger charge is -2.07. The molecule has 0 aliphatic rings. The number of hydrazone groups is 1. The molecule has 2 rings (SSSR count). The fourth-order valence-corrected chi connectivity index (χ4v) is 2.58. The molecule has 2 aromatic carbocycles. The maximum atomic E-state index is 12.6. The van der Waals surface area contributed by atoms with Crippen LogP contribution in [0.2, 0.25) is 5.02 Å². The summed E-state index contributed by atoms with van der Waals surface area (Å²) >= 11 is 8.96. The summed E-state index contributed by atoms with van der Waals surface area (Å²) in [5, 5.41) is 13.4. The first kappa shape index (κ1) is 18.3. The van der Waals surface area contributed by atoms with E-state index in [-0.39, 0.29) is 21.9 Å². The predicted octanol–water partition coefficient (Wildman–Crippen LogP) is 4.59. The molecule has 1 amide bonds. The molecule has 0 saturated heterocycles. The van der Waals surface area contributed by atoms with Crippen LogP contribution in [-0.2, 0) is 6.18 Å². The molecule has 0 atom stereocenters. The van der Waals surface area contributed by atoms with E-state index in [1.54, 1.807) is 0 Å². The maximum Gasteiger partial charge on any atom is 0.416 e. The molecular weight excluding hydrogens is 413 g/mol. The molecule has 24 heavy (non-hydrogen) atoms. The number of alkyl halides is 3. The van der Waals surface area contributed by atoms with Gasteiger partial charge in [-0.05, 0) is 30.3 Å². The molecule has 4 nitrogen and oxygen atoms in total. The van der Waals surface area contributed by atoms with Gasteiger partial charge >= 0.3 is 6.18 Å². The monoisotopic (exact) mass is 420 g/mol. The Morgan fingerprint density at radius 1 is 1.29 bits per heavy atom. The molecule has 0 aliphatic heterocycles. The van der Waals surface area contributed by atoms with Crippen LogP contribution in [0.5, 0.6) is 5.75 Å². The molecule has 0 fully saturated rings. The Bertz CT molecular complexity index is 810. The maximum absolute atomic E-state index is 12.6. The minimum absolute atomic E-state index is 0.0787. The number of halogens is 5. The second-order valence-corrected chi connectivity index (χ2v) is 5.93. The van der Waals surface area contributed by atoms with Crippen molar-refractivity contribution in [1.29, 1.82) is 0 Å². The fourth-order valence-electron chi connectivity index (χ4n) is 1.75. The standard InChI is InChI=1S/C15H9BrClF3N2O2/c16-11-5-9(13(23)12(17)6-11)7-21-22-14(24)8-2-1-3-10(4-8)15(18,19)20/h1-7,23H,(H,22,24)/b21-7+. The van der Waals surface area contributed by atoms with Crippen LogP contribution < -0.4 is 5.43 Å². The number of hydrogen-bond acceptors (Lipinski definition) is 3. The van der Waals surface area contributed by atoms with E-state index < -0.39 is 17.6 Å². The normalized spacial score (nSPS) is 11.7. The van der Waals surface area contributed by atoms with Crippen LogP contribution in [0, 0.1) is 0 Å². The van der Waals surface area contributed by atoms with Crippen molar-refractivity contribution in [3.05, 3.63) is 62.6 Å². The van der Waals surface area contributed by atoms with Gasteiger partial charge < -0.3 is 5.11 Å². The first-order chi connectivity index (χ1) is 11.2. The molecule has 0 saturated carbocycles. The SMILES string of the molecule is O=C(N/N=C/c1cc(Br)cc(Cl)c1O)c1cccc(C(F)(F)F)c1. The lowest BCUT2D eigenvalue weighted by atomic mass is 10.1. The van der Waals surface area contributed by atoms with E-state index in [0.29, 0.717) is 4.47 Å². The zero-order valence-corrected chi connectivity index (χ0v) is 14.1. The molecule has 0 bridgehead atoms. The molecular formula is C15H9BrClF3N2O2. The number of benzene rings is 2. The second-order valence-electron chi connectivity index (χ2n) is 4.60. The van der Waals surface area contributed by atoms with E-state index >= 15 is 0 Å². The van der Waals surface area contributed by atoms with Gasteiger partial charge in [0.05, 0.1) is 16.8 Å². The first-order valence-corrected chi connectivity index (χ1v) is 7.54. The number of aromatic hydroxyl groups is 1. The first-order valence-electron chi connectivity index (χ1n) is 6.37. The highest BCUT2D eigenvalue weighted by atomic mass is 79.9. The van der Waals surface area contributed by atoms with E-state index in [1.165, 1.54) is 18.2 Å². The van der Waals surface area contributed by atoms with Gasteiger partial charge in [0.25, 0.3) is 5.91 Å². The van der Waals surface area contributed by atoms with E-state index in [0.717, 1.165) is 24.4 Å². The van der Waals surface area contributed by atoms with Gasteiger partial charge in [0, 0.05) is 15.6 Å². The number of phenols is 1. The molecule has 0 aromatic heterocycles. The number of nitrogens with one attached hydrogen (secondary N) is 1. The van der Waals surface area contributed by atoms with Crippen LogP contribution in [0.15, 0.2) is 46.0 Å². The molecule has 2 N–H and O–H groups in total. The number of carbonyl (C=O) groups is 1. The van der Waals surface area contributed by atoms with Crippen LogP contribution >= 0.6 is 27.5 Å². The summed E-state index contributed by atoms with van der Waals surface area (Å²) in [4.78, 5) is 11.8. The minimum atomic E-state index is -4.54. The van der Waals surface area contributed by atoms with Crippen LogP contribution in [-0.4, -0.2) is 17.2 Å². The van der Waals surface area contributed by atoms with Crippen LogP contribution in [0.25, 0.3) is 0 Å². The molecule has 2 aromatic rings. The molecule has 9 heteroatoms. The van der Waals surface area contributed by atoms with Crippen molar-refractivity contribution in [2.24, 2.45) is 5.10 Å². The summed E-state index contributed by atoms with van der Waals surface area (Å²) in [5.74, 6) is -1.06. The largest absolute Gasteiger partial charge is 0.506 e. The molecule has 0 heterocycles. The summed E-state index contributed by atoms with van der Waals surface area (Å²) in [6.45, 7) is 0.